The molecule has 31 heavy (non-hydrogen) atoms. The van der Waals surface area contributed by atoms with Crippen LogP contribution in [0.4, 0.5) is 5.69 Å². The van der Waals surface area contributed by atoms with Crippen molar-refractivity contribution >= 4 is 13.8 Å². The zero-order valence-electron chi connectivity index (χ0n) is 20.0. The largest absolute Gasteiger partial charge is 4.00 e. The van der Waals surface area contributed by atoms with Crippen LogP contribution in [0.1, 0.15) is 39.5 Å². The molecule has 2 saturated carbocycles. The second-order valence-electron chi connectivity index (χ2n) is 8.36. The molecular weight excluding hydrogens is 470 g/mol. The van der Waals surface area contributed by atoms with Crippen LogP contribution in [0.5, 0.6) is 0 Å². The van der Waals surface area contributed by atoms with Crippen LogP contribution >= 0.6 is 0 Å². The topological polar surface area (TPSA) is 14.1 Å². The van der Waals surface area contributed by atoms with Gasteiger partial charge in [-0.1, -0.05) is 83.1 Å². The first-order valence-corrected chi connectivity index (χ1v) is 14.8. The van der Waals surface area contributed by atoms with Crippen molar-refractivity contribution in [3.05, 3.63) is 112 Å². The Labute approximate surface area is 215 Å². The Morgan fingerprint density at radius 3 is 1.58 bits per heavy atom. The van der Waals surface area contributed by atoms with Crippen LogP contribution in [-0.2, 0) is 26.2 Å². The third kappa shape index (κ3) is 15.3. The maximum atomic E-state index is 5.06. The predicted octanol–water partition coefficient (Wildman–Crippen LogP) is 8.31. The Morgan fingerprint density at radius 2 is 1.23 bits per heavy atom. The van der Waals surface area contributed by atoms with E-state index in [0.717, 1.165) is 24.9 Å². The Hall–Kier alpha value is -0.140. The maximum absolute atomic E-state index is 5.06. The Morgan fingerprint density at radius 1 is 0.774 bits per heavy atom. The van der Waals surface area contributed by atoms with Crippen molar-refractivity contribution < 1.29 is 26.2 Å². The number of hydrogen-bond donors (Lipinski definition) is 0. The molecule has 2 aliphatic rings. The van der Waals surface area contributed by atoms with Gasteiger partial charge in [-0.3, -0.25) is 5.57 Å². The van der Waals surface area contributed by atoms with E-state index >= 15 is 0 Å². The van der Waals surface area contributed by atoms with Gasteiger partial charge in [-0.05, 0) is 64.2 Å². The van der Waals surface area contributed by atoms with E-state index < -0.39 is 8.07 Å². The number of benzene rings is 1. The third-order valence-electron chi connectivity index (χ3n) is 4.42. The number of para-hydroxylation sites is 1. The molecule has 0 bridgehead atoms. The van der Waals surface area contributed by atoms with Gasteiger partial charge < -0.3 is 11.4 Å². The summed E-state index contributed by atoms with van der Waals surface area (Å²) in [6, 6.07) is 10.4. The van der Waals surface area contributed by atoms with Crippen LogP contribution < -0.4 is 0 Å². The normalized spacial score (nSPS) is 16.9. The van der Waals surface area contributed by atoms with Crippen molar-refractivity contribution in [1.29, 1.82) is 0 Å². The fourth-order valence-electron chi connectivity index (χ4n) is 2.98. The van der Waals surface area contributed by atoms with Crippen molar-refractivity contribution in [3.8, 4) is 0 Å². The molecule has 1 unspecified atom stereocenters. The van der Waals surface area contributed by atoms with Crippen LogP contribution in [0, 0.1) is 70.3 Å². The fourth-order valence-corrected chi connectivity index (χ4v) is 4.80. The van der Waals surface area contributed by atoms with Gasteiger partial charge in [0, 0.05) is 8.07 Å². The van der Waals surface area contributed by atoms with Crippen LogP contribution in [0.25, 0.3) is 5.32 Å². The molecule has 2 fully saturated rings. The molecular formula is C28H39NSiZr+2. The van der Waals surface area contributed by atoms with Crippen molar-refractivity contribution in [2.24, 2.45) is 0 Å². The Balaban J connectivity index is 0.000000661. The fraction of sp³-hybridized carbons (Fsp3) is 0.357. The molecule has 0 aliphatic heterocycles. The van der Waals surface area contributed by atoms with Gasteiger partial charge in [0.15, 0.2) is 0 Å². The summed E-state index contributed by atoms with van der Waals surface area (Å²) in [5.41, 5.74) is 2.90. The molecule has 162 valence electrons. The number of allylic oxidation sites excluding steroid dienone is 1. The van der Waals surface area contributed by atoms with Gasteiger partial charge in [0.25, 0.3) is 0 Å². The Kier molecular flexibility index (Phi) is 19.3. The van der Waals surface area contributed by atoms with Crippen molar-refractivity contribution in [3.63, 3.8) is 0 Å². The van der Waals surface area contributed by atoms with E-state index in [1.807, 2.05) is 64.2 Å². The van der Waals surface area contributed by atoms with Crippen molar-refractivity contribution in [1.82, 2.24) is 0 Å². The van der Waals surface area contributed by atoms with E-state index in [2.05, 4.69) is 69.9 Å². The summed E-state index contributed by atoms with van der Waals surface area (Å²) in [4.78, 5) is 0. The summed E-state index contributed by atoms with van der Waals surface area (Å²) in [5.74, 6) is 0. The first-order chi connectivity index (χ1) is 14.5. The van der Waals surface area contributed by atoms with Gasteiger partial charge in [-0.2, -0.15) is 6.42 Å². The van der Waals surface area contributed by atoms with E-state index in [1.165, 1.54) is 12.0 Å². The molecule has 0 heterocycles. The van der Waals surface area contributed by atoms with Gasteiger partial charge in [-0.15, -0.1) is 11.4 Å². The third-order valence-corrected chi connectivity index (χ3v) is 6.54. The van der Waals surface area contributed by atoms with E-state index in [4.69, 9.17) is 5.32 Å². The van der Waals surface area contributed by atoms with Crippen LogP contribution in [0.15, 0.2) is 35.9 Å². The molecule has 0 amide bonds. The van der Waals surface area contributed by atoms with Gasteiger partial charge in [0.05, 0.1) is 0 Å². The SMILES string of the molecule is CCC[C-]=C(CCC)C([N-]c1ccccc1)[Si](C)(C)C.[CH]1[CH][CH][CH][CH]1.[CH]1[CH][CH][CH][CH]1.[Zr+4]. The summed E-state index contributed by atoms with van der Waals surface area (Å²) >= 11 is 0. The molecule has 1 aromatic carbocycles. The van der Waals surface area contributed by atoms with Gasteiger partial charge in [0.1, 0.15) is 0 Å². The second-order valence-corrected chi connectivity index (χ2v) is 13.6. The summed E-state index contributed by atoms with van der Waals surface area (Å²) in [6.45, 7) is 11.7. The van der Waals surface area contributed by atoms with Gasteiger partial charge >= 0.3 is 26.2 Å². The zero-order valence-corrected chi connectivity index (χ0v) is 23.5. The molecule has 3 heteroatoms. The molecule has 0 aromatic heterocycles. The summed E-state index contributed by atoms with van der Waals surface area (Å²) in [7, 11) is -1.39. The average Bonchev–Trinajstić information content (AvgIpc) is 3.48. The number of hydrogen-bond acceptors (Lipinski definition) is 0. The van der Waals surface area contributed by atoms with Crippen LogP contribution in [0.3, 0.4) is 0 Å². The van der Waals surface area contributed by atoms with Gasteiger partial charge in [0.2, 0.25) is 0 Å². The minimum atomic E-state index is -1.39. The quantitative estimate of drug-likeness (QED) is 0.248. The summed E-state index contributed by atoms with van der Waals surface area (Å²) in [5, 5.41) is 5.06. The van der Waals surface area contributed by atoms with E-state index in [-0.39, 0.29) is 26.2 Å². The molecule has 1 nitrogen and oxygen atoms in total. The smallest absolute Gasteiger partial charge is 0.683 e. The van der Waals surface area contributed by atoms with Crippen molar-refractivity contribution in [2.75, 3.05) is 0 Å². The van der Waals surface area contributed by atoms with Gasteiger partial charge in [-0.25, -0.2) is 0 Å². The molecule has 1 atom stereocenters. The molecule has 3 rings (SSSR count). The monoisotopic (exact) mass is 507 g/mol. The van der Waals surface area contributed by atoms with E-state index in [9.17, 15) is 0 Å². The standard InChI is InChI=1S/C18H29NSi.2C5H5.Zr/c1-6-8-13-16(12-7-2)18(20(3,4)5)19-17-14-10-9-11-15-17;2*1-2-4-5-3-1;/h9-11,14-15,18H,6-8,12H2,1-5H3;2*1-5H;/q-2;;;+4. The average molecular weight is 509 g/mol. The first-order valence-electron chi connectivity index (χ1n) is 11.2. The summed E-state index contributed by atoms with van der Waals surface area (Å²) < 4.78 is 0. The van der Waals surface area contributed by atoms with Crippen LogP contribution in [0.2, 0.25) is 19.6 Å². The number of unbranched alkanes of at least 4 members (excludes halogenated alkanes) is 1. The molecule has 1 aromatic rings. The molecule has 2 aliphatic carbocycles. The predicted molar refractivity (Wildman–Crippen MR) is 136 cm³/mol. The van der Waals surface area contributed by atoms with E-state index in [1.54, 1.807) is 0 Å². The second kappa shape index (κ2) is 19.3. The Bertz CT molecular complexity index is 517. The molecule has 0 saturated heterocycles. The molecule has 10 radical (unpaired) electrons. The zero-order chi connectivity index (χ0) is 22.1. The first kappa shape index (κ1) is 30.9. The van der Waals surface area contributed by atoms with E-state index in [0.29, 0.717) is 5.67 Å². The molecule has 0 N–H and O–H groups in total. The minimum absolute atomic E-state index is 0. The number of rotatable bonds is 8. The van der Waals surface area contributed by atoms with Crippen molar-refractivity contribution in [2.45, 2.75) is 64.8 Å². The van der Waals surface area contributed by atoms with Crippen LogP contribution in [-0.4, -0.2) is 13.7 Å². The minimum Gasteiger partial charge on any atom is -0.683 e. The summed E-state index contributed by atoms with van der Waals surface area (Å²) in [6.07, 6.45) is 28.2. The number of nitrogens with zero attached hydrogens (tertiary/aromatic N) is 1. The maximum Gasteiger partial charge on any atom is 4.00 e. The molecule has 0 spiro atoms.